The molecule has 0 saturated carbocycles. The van der Waals surface area contributed by atoms with Crippen LogP contribution in [-0.2, 0) is 0 Å². The fraction of sp³-hybridized carbons (Fsp3) is 0.167. The van der Waals surface area contributed by atoms with Crippen molar-refractivity contribution in [2.75, 3.05) is 0 Å². The van der Waals surface area contributed by atoms with Gasteiger partial charge in [0, 0.05) is 0 Å². The van der Waals surface area contributed by atoms with Crippen molar-refractivity contribution in [3.63, 3.8) is 0 Å². The Bertz CT molecular complexity index is 263. The molecule has 1 aliphatic rings. The first-order valence-corrected chi connectivity index (χ1v) is 3.87. The fourth-order valence-corrected chi connectivity index (χ4v) is 1.06. The summed E-state index contributed by atoms with van der Waals surface area (Å²) in [7, 11) is 0. The van der Waals surface area contributed by atoms with Crippen LogP contribution in [0.5, 0.6) is 0 Å². The Hall–Kier alpha value is -1.11. The first-order valence-electron chi connectivity index (χ1n) is 3.47. The van der Waals surface area contributed by atoms with E-state index in [0.29, 0.717) is 5.11 Å². The SMILES string of the molecule is S=C1NNC(c2ccco2)NN1. The van der Waals surface area contributed by atoms with Gasteiger partial charge in [0.25, 0.3) is 0 Å². The van der Waals surface area contributed by atoms with E-state index in [2.05, 4.69) is 21.7 Å². The van der Waals surface area contributed by atoms with Gasteiger partial charge in [-0.2, -0.15) is 0 Å². The lowest BCUT2D eigenvalue weighted by Crippen LogP contribution is -2.61. The topological polar surface area (TPSA) is 61.3 Å². The van der Waals surface area contributed by atoms with E-state index in [9.17, 15) is 0 Å². The van der Waals surface area contributed by atoms with Crippen molar-refractivity contribution in [1.29, 1.82) is 0 Å². The van der Waals surface area contributed by atoms with E-state index in [4.69, 9.17) is 16.6 Å². The third-order valence-corrected chi connectivity index (χ3v) is 1.69. The molecule has 12 heavy (non-hydrogen) atoms. The number of hydrogen-bond acceptors (Lipinski definition) is 4. The number of thiocarbonyl (C=S) groups is 1. The van der Waals surface area contributed by atoms with Crippen molar-refractivity contribution in [2.24, 2.45) is 0 Å². The zero-order valence-corrected chi connectivity index (χ0v) is 6.94. The normalized spacial score (nSPS) is 18.5. The van der Waals surface area contributed by atoms with Crippen LogP contribution in [-0.4, -0.2) is 5.11 Å². The van der Waals surface area contributed by atoms with Crippen LogP contribution < -0.4 is 21.7 Å². The maximum atomic E-state index is 5.16. The number of nitrogens with one attached hydrogen (secondary N) is 4. The van der Waals surface area contributed by atoms with Crippen molar-refractivity contribution in [2.45, 2.75) is 6.17 Å². The second-order valence-corrected chi connectivity index (χ2v) is 2.72. The quantitative estimate of drug-likeness (QED) is 0.452. The molecule has 0 atom stereocenters. The monoisotopic (exact) mass is 184 g/mol. The van der Waals surface area contributed by atoms with Crippen LogP contribution >= 0.6 is 12.2 Å². The number of hydrazine groups is 2. The minimum absolute atomic E-state index is 0.105. The minimum Gasteiger partial charge on any atom is -0.466 e. The molecule has 1 aromatic heterocycles. The second-order valence-electron chi connectivity index (χ2n) is 2.32. The van der Waals surface area contributed by atoms with Crippen molar-refractivity contribution in [3.05, 3.63) is 24.2 Å². The zero-order valence-electron chi connectivity index (χ0n) is 6.13. The van der Waals surface area contributed by atoms with E-state index >= 15 is 0 Å². The first kappa shape index (κ1) is 7.53. The van der Waals surface area contributed by atoms with Gasteiger partial charge >= 0.3 is 0 Å². The Morgan fingerprint density at radius 1 is 1.33 bits per heavy atom. The summed E-state index contributed by atoms with van der Waals surface area (Å²) in [5.74, 6) is 0.789. The van der Waals surface area contributed by atoms with Gasteiger partial charge in [0.05, 0.1) is 6.26 Å². The molecule has 64 valence electrons. The molecule has 0 aliphatic carbocycles. The smallest absolute Gasteiger partial charge is 0.195 e. The molecule has 1 aliphatic heterocycles. The van der Waals surface area contributed by atoms with Crippen molar-refractivity contribution in [3.8, 4) is 0 Å². The summed E-state index contributed by atoms with van der Waals surface area (Å²) >= 11 is 4.81. The van der Waals surface area contributed by atoms with Gasteiger partial charge in [-0.3, -0.25) is 10.9 Å². The molecule has 0 spiro atoms. The van der Waals surface area contributed by atoms with Crippen molar-refractivity contribution < 1.29 is 4.42 Å². The van der Waals surface area contributed by atoms with E-state index < -0.39 is 0 Å². The Labute approximate surface area is 74.4 Å². The molecule has 2 rings (SSSR count). The van der Waals surface area contributed by atoms with E-state index in [1.807, 2.05) is 12.1 Å². The maximum Gasteiger partial charge on any atom is 0.195 e. The lowest BCUT2D eigenvalue weighted by molar-refractivity contribution is 0.308. The summed E-state index contributed by atoms with van der Waals surface area (Å²) in [5, 5.41) is 0.512. The molecule has 0 amide bonds. The van der Waals surface area contributed by atoms with Gasteiger partial charge < -0.3 is 4.42 Å². The molecule has 1 saturated heterocycles. The Balaban J connectivity index is 2.03. The Morgan fingerprint density at radius 2 is 2.08 bits per heavy atom. The maximum absolute atomic E-state index is 5.16. The largest absolute Gasteiger partial charge is 0.466 e. The second kappa shape index (κ2) is 3.10. The summed E-state index contributed by atoms with van der Waals surface area (Å²) < 4.78 is 5.16. The van der Waals surface area contributed by atoms with Gasteiger partial charge in [-0.1, -0.05) is 0 Å². The Kier molecular flexibility index (Phi) is 1.94. The van der Waals surface area contributed by atoms with Gasteiger partial charge in [0.1, 0.15) is 5.76 Å². The summed E-state index contributed by atoms with van der Waals surface area (Å²) in [4.78, 5) is 0. The van der Waals surface area contributed by atoms with Crippen LogP contribution in [0.3, 0.4) is 0 Å². The number of rotatable bonds is 1. The standard InChI is InChI=1S/C6H8N4OS/c12-6-9-7-5(8-10-6)4-2-1-3-11-4/h1-3,5,7-8H,(H2,9,10,12). The summed E-state index contributed by atoms with van der Waals surface area (Å²) in [5.41, 5.74) is 11.4. The molecule has 4 N–H and O–H groups in total. The molecule has 0 bridgehead atoms. The summed E-state index contributed by atoms with van der Waals surface area (Å²) in [6, 6.07) is 3.69. The predicted octanol–water partition coefficient (Wildman–Crippen LogP) is -0.235. The molecule has 5 nitrogen and oxygen atoms in total. The van der Waals surface area contributed by atoms with Crippen LogP contribution in [0.4, 0.5) is 0 Å². The van der Waals surface area contributed by atoms with Crippen LogP contribution in [0.15, 0.2) is 22.8 Å². The lowest BCUT2D eigenvalue weighted by atomic mass is 10.4. The third kappa shape index (κ3) is 1.40. The highest BCUT2D eigenvalue weighted by Gasteiger charge is 2.17. The summed E-state index contributed by atoms with van der Waals surface area (Å²) in [6.07, 6.45) is 1.51. The van der Waals surface area contributed by atoms with Gasteiger partial charge in [-0.15, -0.1) is 0 Å². The zero-order chi connectivity index (χ0) is 8.39. The van der Waals surface area contributed by atoms with Crippen molar-refractivity contribution >= 4 is 17.3 Å². The molecule has 1 fully saturated rings. The average molecular weight is 184 g/mol. The average Bonchev–Trinajstić information content (AvgIpc) is 2.58. The lowest BCUT2D eigenvalue weighted by Gasteiger charge is -2.26. The van der Waals surface area contributed by atoms with Gasteiger partial charge in [-0.05, 0) is 24.4 Å². The molecule has 0 unspecified atom stereocenters. The number of furan rings is 1. The van der Waals surface area contributed by atoms with E-state index in [1.54, 1.807) is 6.26 Å². The third-order valence-electron chi connectivity index (χ3n) is 1.49. The van der Waals surface area contributed by atoms with Gasteiger partial charge in [-0.25, -0.2) is 10.9 Å². The minimum atomic E-state index is -0.105. The van der Waals surface area contributed by atoms with E-state index in [1.165, 1.54) is 0 Å². The number of hydrogen-bond donors (Lipinski definition) is 4. The first-order chi connectivity index (χ1) is 5.86. The van der Waals surface area contributed by atoms with E-state index in [-0.39, 0.29) is 6.17 Å². The highest BCUT2D eigenvalue weighted by molar-refractivity contribution is 7.80. The molecular formula is C6H8N4OS. The van der Waals surface area contributed by atoms with E-state index in [0.717, 1.165) is 5.76 Å². The molecule has 0 radical (unpaired) electrons. The van der Waals surface area contributed by atoms with Crippen LogP contribution in [0.2, 0.25) is 0 Å². The molecule has 6 heteroatoms. The molecular weight excluding hydrogens is 176 g/mol. The van der Waals surface area contributed by atoms with Crippen LogP contribution in [0.1, 0.15) is 11.9 Å². The molecule has 2 heterocycles. The van der Waals surface area contributed by atoms with Crippen LogP contribution in [0, 0.1) is 0 Å². The Morgan fingerprint density at radius 3 is 2.67 bits per heavy atom. The summed E-state index contributed by atoms with van der Waals surface area (Å²) in [6.45, 7) is 0. The predicted molar refractivity (Wildman–Crippen MR) is 46.6 cm³/mol. The molecule has 0 aromatic carbocycles. The molecule has 1 aromatic rings. The highest BCUT2D eigenvalue weighted by atomic mass is 32.1. The highest BCUT2D eigenvalue weighted by Crippen LogP contribution is 2.09. The van der Waals surface area contributed by atoms with Gasteiger partial charge in [0.2, 0.25) is 0 Å². The van der Waals surface area contributed by atoms with Crippen LogP contribution in [0.25, 0.3) is 0 Å². The van der Waals surface area contributed by atoms with Crippen molar-refractivity contribution in [1.82, 2.24) is 21.7 Å². The van der Waals surface area contributed by atoms with Gasteiger partial charge in [0.15, 0.2) is 11.3 Å². The fourth-order valence-electron chi connectivity index (χ4n) is 0.941.